The summed E-state index contributed by atoms with van der Waals surface area (Å²) in [7, 11) is 1.68. The molecule has 10 heteroatoms. The SMILES string of the molecule is CCN(CCOC)c1ccc(Nc2nc(-c3ccc(-n4cnc(C)c4)cc3C(F)(F)F)cs2)c(C)c1. The Bertz CT molecular complexity index is 1330. The van der Waals surface area contributed by atoms with Crippen LogP contribution in [0, 0.1) is 13.8 Å². The Kier molecular flexibility index (Phi) is 7.65. The number of hydrogen-bond acceptors (Lipinski definition) is 6. The van der Waals surface area contributed by atoms with E-state index in [-0.39, 0.29) is 11.3 Å². The van der Waals surface area contributed by atoms with E-state index in [0.717, 1.165) is 41.8 Å². The fraction of sp³-hybridized carbons (Fsp3) is 0.308. The zero-order chi connectivity index (χ0) is 25.9. The van der Waals surface area contributed by atoms with Crippen LogP contribution in [-0.4, -0.2) is 41.3 Å². The van der Waals surface area contributed by atoms with Gasteiger partial charge in [-0.15, -0.1) is 11.3 Å². The molecule has 0 amide bonds. The fourth-order valence-electron chi connectivity index (χ4n) is 3.94. The summed E-state index contributed by atoms with van der Waals surface area (Å²) in [6.45, 7) is 8.14. The van der Waals surface area contributed by atoms with Gasteiger partial charge in [-0.1, -0.05) is 6.07 Å². The van der Waals surface area contributed by atoms with Gasteiger partial charge in [-0.05, 0) is 56.7 Å². The average Bonchev–Trinajstić information content (AvgIpc) is 3.49. The number of alkyl halides is 3. The van der Waals surface area contributed by atoms with Crippen molar-refractivity contribution in [3.8, 4) is 16.9 Å². The number of ether oxygens (including phenoxy) is 1. The van der Waals surface area contributed by atoms with E-state index in [0.29, 0.717) is 17.4 Å². The van der Waals surface area contributed by atoms with E-state index in [2.05, 4.69) is 33.2 Å². The molecule has 2 aromatic carbocycles. The van der Waals surface area contributed by atoms with Crippen LogP contribution in [0.4, 0.5) is 29.7 Å². The van der Waals surface area contributed by atoms with Crippen LogP contribution in [0.25, 0.3) is 16.9 Å². The van der Waals surface area contributed by atoms with E-state index in [9.17, 15) is 13.2 Å². The van der Waals surface area contributed by atoms with Gasteiger partial charge < -0.3 is 19.5 Å². The second-order valence-electron chi connectivity index (χ2n) is 8.38. The van der Waals surface area contributed by atoms with Gasteiger partial charge in [0.15, 0.2) is 5.13 Å². The van der Waals surface area contributed by atoms with E-state index < -0.39 is 11.7 Å². The number of thiazole rings is 1. The number of likely N-dealkylation sites (N-methyl/N-ethyl adjacent to an activating group) is 1. The first-order valence-corrected chi connectivity index (χ1v) is 12.4. The lowest BCUT2D eigenvalue weighted by molar-refractivity contribution is -0.137. The van der Waals surface area contributed by atoms with Crippen molar-refractivity contribution >= 4 is 27.8 Å². The van der Waals surface area contributed by atoms with E-state index in [1.54, 1.807) is 36.2 Å². The highest BCUT2D eigenvalue weighted by Crippen LogP contribution is 2.39. The number of methoxy groups -OCH3 is 1. The molecule has 4 rings (SSSR count). The molecule has 36 heavy (non-hydrogen) atoms. The zero-order valence-electron chi connectivity index (χ0n) is 20.6. The van der Waals surface area contributed by atoms with Crippen molar-refractivity contribution in [3.63, 3.8) is 0 Å². The van der Waals surface area contributed by atoms with E-state index >= 15 is 0 Å². The molecule has 1 N–H and O–H groups in total. The zero-order valence-corrected chi connectivity index (χ0v) is 21.4. The number of benzene rings is 2. The van der Waals surface area contributed by atoms with Crippen molar-refractivity contribution in [2.75, 3.05) is 37.0 Å². The first-order chi connectivity index (χ1) is 17.2. The second kappa shape index (κ2) is 10.7. The molecule has 6 nitrogen and oxygen atoms in total. The number of nitrogens with zero attached hydrogens (tertiary/aromatic N) is 4. The molecule has 0 aliphatic carbocycles. The highest BCUT2D eigenvalue weighted by molar-refractivity contribution is 7.14. The molecule has 0 saturated carbocycles. The number of hydrogen-bond donors (Lipinski definition) is 1. The maximum absolute atomic E-state index is 14.0. The first kappa shape index (κ1) is 25.7. The summed E-state index contributed by atoms with van der Waals surface area (Å²) in [4.78, 5) is 10.8. The molecule has 4 aromatic rings. The first-order valence-electron chi connectivity index (χ1n) is 11.5. The number of aromatic nitrogens is 3. The summed E-state index contributed by atoms with van der Waals surface area (Å²) in [6.07, 6.45) is -1.34. The molecular weight excluding hydrogens is 487 g/mol. The summed E-state index contributed by atoms with van der Waals surface area (Å²) >= 11 is 1.27. The van der Waals surface area contributed by atoms with E-state index in [4.69, 9.17) is 4.74 Å². The predicted molar refractivity (Wildman–Crippen MR) is 139 cm³/mol. The van der Waals surface area contributed by atoms with Gasteiger partial charge in [0.05, 0.1) is 29.9 Å². The average molecular weight is 516 g/mol. The van der Waals surface area contributed by atoms with Gasteiger partial charge in [0.25, 0.3) is 0 Å². The molecule has 0 saturated heterocycles. The second-order valence-corrected chi connectivity index (χ2v) is 9.24. The minimum absolute atomic E-state index is 0.0381. The minimum atomic E-state index is -4.53. The van der Waals surface area contributed by atoms with Crippen LogP contribution in [-0.2, 0) is 10.9 Å². The maximum atomic E-state index is 14.0. The van der Waals surface area contributed by atoms with Gasteiger partial charge >= 0.3 is 6.18 Å². The Balaban J connectivity index is 1.59. The number of halogens is 3. The van der Waals surface area contributed by atoms with Crippen molar-refractivity contribution in [2.24, 2.45) is 0 Å². The monoisotopic (exact) mass is 515 g/mol. The molecule has 0 aliphatic rings. The Hall–Kier alpha value is -3.37. The number of anilines is 3. The Morgan fingerprint density at radius 1 is 1.14 bits per heavy atom. The lowest BCUT2D eigenvalue weighted by Gasteiger charge is -2.23. The van der Waals surface area contributed by atoms with Crippen LogP contribution < -0.4 is 10.2 Å². The summed E-state index contributed by atoms with van der Waals surface area (Å²) in [5.41, 5.74) is 3.64. The summed E-state index contributed by atoms with van der Waals surface area (Å²) in [6, 6.07) is 10.3. The third kappa shape index (κ3) is 5.71. The van der Waals surface area contributed by atoms with Crippen LogP contribution in [0.2, 0.25) is 0 Å². The van der Waals surface area contributed by atoms with Gasteiger partial charge in [-0.2, -0.15) is 13.2 Å². The van der Waals surface area contributed by atoms with Crippen LogP contribution >= 0.6 is 11.3 Å². The largest absolute Gasteiger partial charge is 0.417 e. The van der Waals surface area contributed by atoms with Crippen molar-refractivity contribution < 1.29 is 17.9 Å². The summed E-state index contributed by atoms with van der Waals surface area (Å²) in [5.74, 6) is 0. The van der Waals surface area contributed by atoms with Crippen molar-refractivity contribution in [1.82, 2.24) is 14.5 Å². The predicted octanol–water partition coefficient (Wildman–Crippen LogP) is 6.85. The van der Waals surface area contributed by atoms with E-state index in [1.165, 1.54) is 23.7 Å². The molecule has 0 bridgehead atoms. The Morgan fingerprint density at radius 2 is 1.94 bits per heavy atom. The molecule has 2 aromatic heterocycles. The number of rotatable bonds is 9. The quantitative estimate of drug-likeness (QED) is 0.264. The molecular formula is C26H28F3N5OS. The van der Waals surface area contributed by atoms with Gasteiger partial charge in [-0.3, -0.25) is 0 Å². The normalized spacial score (nSPS) is 11.6. The molecule has 0 unspecified atom stereocenters. The lowest BCUT2D eigenvalue weighted by Crippen LogP contribution is -2.26. The summed E-state index contributed by atoms with van der Waals surface area (Å²) < 4.78 is 48.7. The molecule has 0 fully saturated rings. The van der Waals surface area contributed by atoms with Gasteiger partial charge in [0.1, 0.15) is 0 Å². The fourth-order valence-corrected chi connectivity index (χ4v) is 4.66. The maximum Gasteiger partial charge on any atom is 0.417 e. The number of imidazole rings is 1. The smallest absolute Gasteiger partial charge is 0.383 e. The highest BCUT2D eigenvalue weighted by atomic mass is 32.1. The Labute approximate surface area is 212 Å². The number of nitrogens with one attached hydrogen (secondary N) is 1. The van der Waals surface area contributed by atoms with E-state index in [1.807, 2.05) is 19.1 Å². The van der Waals surface area contributed by atoms with Crippen LogP contribution in [0.1, 0.15) is 23.7 Å². The van der Waals surface area contributed by atoms with Crippen molar-refractivity contribution in [1.29, 1.82) is 0 Å². The van der Waals surface area contributed by atoms with Crippen LogP contribution in [0.15, 0.2) is 54.3 Å². The molecule has 0 atom stereocenters. The third-order valence-electron chi connectivity index (χ3n) is 5.86. The molecule has 2 heterocycles. The third-order valence-corrected chi connectivity index (χ3v) is 6.62. The Morgan fingerprint density at radius 3 is 2.58 bits per heavy atom. The highest BCUT2D eigenvalue weighted by Gasteiger charge is 2.34. The molecule has 0 aliphatic heterocycles. The topological polar surface area (TPSA) is 55.2 Å². The van der Waals surface area contributed by atoms with Gasteiger partial charge in [-0.25, -0.2) is 9.97 Å². The molecule has 0 spiro atoms. The summed E-state index contributed by atoms with van der Waals surface area (Å²) in [5, 5.41) is 5.42. The van der Waals surface area contributed by atoms with Crippen LogP contribution in [0.5, 0.6) is 0 Å². The number of aryl methyl sites for hydroxylation is 2. The lowest BCUT2D eigenvalue weighted by atomic mass is 10.0. The minimum Gasteiger partial charge on any atom is -0.383 e. The van der Waals surface area contributed by atoms with Crippen LogP contribution in [0.3, 0.4) is 0 Å². The molecule has 190 valence electrons. The molecule has 0 radical (unpaired) electrons. The van der Waals surface area contributed by atoms with Crippen molar-refractivity contribution in [3.05, 3.63) is 71.1 Å². The van der Waals surface area contributed by atoms with Crippen molar-refractivity contribution in [2.45, 2.75) is 26.9 Å². The van der Waals surface area contributed by atoms with Gasteiger partial charge in [0.2, 0.25) is 0 Å². The van der Waals surface area contributed by atoms with Gasteiger partial charge in [0, 0.05) is 54.4 Å². The standard InChI is InChI=1S/C26H28F3N5OS/c1-5-33(10-11-35-4)19-7-9-23(17(2)12-19)31-25-32-24(15-36-25)21-8-6-20(13-22(21)26(27,28)29)34-14-18(3)30-16-34/h6-9,12-16H,5,10-11H2,1-4H3,(H,31,32).